The lowest BCUT2D eigenvalue weighted by molar-refractivity contribution is -0.116. The fraction of sp³-hybridized carbons (Fsp3) is 0.533. The molecule has 1 amide bonds. The molecule has 0 atom stereocenters. The zero-order chi connectivity index (χ0) is 16.2. The summed E-state index contributed by atoms with van der Waals surface area (Å²) >= 11 is 0. The first kappa shape index (κ1) is 16.8. The van der Waals surface area contributed by atoms with E-state index in [0.29, 0.717) is 24.4 Å². The maximum Gasteiger partial charge on any atom is 0.225 e. The molecule has 22 heavy (non-hydrogen) atoms. The van der Waals surface area contributed by atoms with Gasteiger partial charge in [0.05, 0.1) is 18.6 Å². The maximum absolute atomic E-state index is 12.1. The van der Waals surface area contributed by atoms with Gasteiger partial charge in [-0.2, -0.15) is 0 Å². The predicted octanol–water partition coefficient (Wildman–Crippen LogP) is 1.76. The van der Waals surface area contributed by atoms with Crippen molar-refractivity contribution < 1.29 is 17.9 Å². The minimum Gasteiger partial charge on any atom is -0.495 e. The fourth-order valence-corrected chi connectivity index (χ4v) is 4.05. The third-order valence-corrected chi connectivity index (χ3v) is 5.63. The SMILES string of the molecule is COc1ccc(C)cc1NC(=O)CCN1CCCCS1(=O)=O. The normalized spacial score (nSPS) is 17.9. The fourth-order valence-electron chi connectivity index (χ4n) is 2.45. The van der Waals surface area contributed by atoms with E-state index in [1.165, 1.54) is 4.31 Å². The highest BCUT2D eigenvalue weighted by molar-refractivity contribution is 7.89. The Labute approximate surface area is 131 Å². The zero-order valence-corrected chi connectivity index (χ0v) is 13.8. The predicted molar refractivity (Wildman–Crippen MR) is 85.6 cm³/mol. The summed E-state index contributed by atoms with van der Waals surface area (Å²) < 4.78 is 30.4. The van der Waals surface area contributed by atoms with Crippen molar-refractivity contribution in [2.75, 3.05) is 31.3 Å². The van der Waals surface area contributed by atoms with Crippen molar-refractivity contribution in [1.29, 1.82) is 0 Å². The number of benzene rings is 1. The number of amides is 1. The second-order valence-electron chi connectivity index (χ2n) is 5.42. The largest absolute Gasteiger partial charge is 0.495 e. The van der Waals surface area contributed by atoms with Crippen molar-refractivity contribution in [1.82, 2.24) is 4.31 Å². The molecule has 0 aromatic heterocycles. The molecule has 1 fully saturated rings. The lowest BCUT2D eigenvalue weighted by Crippen LogP contribution is -2.39. The van der Waals surface area contributed by atoms with Crippen molar-refractivity contribution in [2.24, 2.45) is 0 Å². The van der Waals surface area contributed by atoms with Crippen LogP contribution in [0.15, 0.2) is 18.2 Å². The van der Waals surface area contributed by atoms with Gasteiger partial charge in [0, 0.05) is 19.5 Å². The average molecular weight is 326 g/mol. The molecule has 1 aromatic rings. The van der Waals surface area contributed by atoms with Crippen LogP contribution in [0.3, 0.4) is 0 Å². The molecular weight excluding hydrogens is 304 g/mol. The van der Waals surface area contributed by atoms with E-state index < -0.39 is 10.0 Å². The Kier molecular flexibility index (Phi) is 5.42. The van der Waals surface area contributed by atoms with E-state index in [4.69, 9.17) is 4.74 Å². The van der Waals surface area contributed by atoms with Crippen molar-refractivity contribution in [3.63, 3.8) is 0 Å². The van der Waals surface area contributed by atoms with Gasteiger partial charge in [-0.05, 0) is 37.5 Å². The number of hydrogen-bond donors (Lipinski definition) is 1. The molecular formula is C15H22N2O4S. The van der Waals surface area contributed by atoms with Gasteiger partial charge in [-0.3, -0.25) is 4.79 Å². The second-order valence-corrected chi connectivity index (χ2v) is 7.51. The topological polar surface area (TPSA) is 75.7 Å². The van der Waals surface area contributed by atoms with Crippen LogP contribution < -0.4 is 10.1 Å². The van der Waals surface area contributed by atoms with Gasteiger partial charge in [-0.25, -0.2) is 12.7 Å². The van der Waals surface area contributed by atoms with Crippen LogP contribution in [-0.4, -0.2) is 44.6 Å². The number of anilines is 1. The van der Waals surface area contributed by atoms with E-state index in [-0.39, 0.29) is 24.6 Å². The molecule has 0 bridgehead atoms. The summed E-state index contributed by atoms with van der Waals surface area (Å²) in [5.41, 5.74) is 1.61. The molecule has 1 aliphatic heterocycles. The van der Waals surface area contributed by atoms with E-state index in [1.807, 2.05) is 19.1 Å². The van der Waals surface area contributed by atoms with Crippen LogP contribution in [0.25, 0.3) is 0 Å². The van der Waals surface area contributed by atoms with Crippen LogP contribution >= 0.6 is 0 Å². The summed E-state index contributed by atoms with van der Waals surface area (Å²) in [4.78, 5) is 12.1. The highest BCUT2D eigenvalue weighted by Gasteiger charge is 2.25. The van der Waals surface area contributed by atoms with E-state index in [2.05, 4.69) is 5.32 Å². The number of carbonyl (C=O) groups is 1. The Morgan fingerprint density at radius 3 is 2.82 bits per heavy atom. The van der Waals surface area contributed by atoms with Gasteiger partial charge < -0.3 is 10.1 Å². The van der Waals surface area contributed by atoms with Gasteiger partial charge in [-0.1, -0.05) is 6.07 Å². The molecule has 0 saturated carbocycles. The Hall–Kier alpha value is -1.60. The molecule has 1 aliphatic rings. The minimum atomic E-state index is -3.18. The molecule has 7 heteroatoms. The highest BCUT2D eigenvalue weighted by Crippen LogP contribution is 2.25. The number of ether oxygens (including phenoxy) is 1. The summed E-state index contributed by atoms with van der Waals surface area (Å²) in [5.74, 6) is 0.551. The van der Waals surface area contributed by atoms with Gasteiger partial charge in [0.2, 0.25) is 15.9 Å². The number of methoxy groups -OCH3 is 1. The smallest absolute Gasteiger partial charge is 0.225 e. The van der Waals surface area contributed by atoms with Crippen molar-refractivity contribution >= 4 is 21.6 Å². The average Bonchev–Trinajstić information content (AvgIpc) is 2.46. The number of hydrogen-bond acceptors (Lipinski definition) is 4. The molecule has 0 aliphatic carbocycles. The van der Waals surface area contributed by atoms with Crippen molar-refractivity contribution in [2.45, 2.75) is 26.2 Å². The number of sulfonamides is 1. The van der Waals surface area contributed by atoms with E-state index in [1.54, 1.807) is 13.2 Å². The highest BCUT2D eigenvalue weighted by atomic mass is 32.2. The van der Waals surface area contributed by atoms with E-state index in [0.717, 1.165) is 12.0 Å². The third kappa shape index (κ3) is 4.20. The lowest BCUT2D eigenvalue weighted by atomic mass is 10.2. The number of carbonyl (C=O) groups excluding carboxylic acids is 1. The first-order valence-corrected chi connectivity index (χ1v) is 8.95. The molecule has 122 valence electrons. The number of rotatable bonds is 5. The molecule has 1 aromatic carbocycles. The summed E-state index contributed by atoms with van der Waals surface area (Å²) in [5, 5.41) is 2.78. The molecule has 0 spiro atoms. The number of nitrogens with zero attached hydrogens (tertiary/aromatic N) is 1. The molecule has 0 unspecified atom stereocenters. The second kappa shape index (κ2) is 7.11. The molecule has 1 heterocycles. The van der Waals surface area contributed by atoms with Crippen LogP contribution in [0.1, 0.15) is 24.8 Å². The third-order valence-electron chi connectivity index (χ3n) is 3.67. The monoisotopic (exact) mass is 326 g/mol. The van der Waals surface area contributed by atoms with Crippen LogP contribution in [0.5, 0.6) is 5.75 Å². The minimum absolute atomic E-state index is 0.135. The zero-order valence-electron chi connectivity index (χ0n) is 13.0. The first-order valence-electron chi connectivity index (χ1n) is 7.35. The Bertz CT molecular complexity index is 643. The van der Waals surface area contributed by atoms with Crippen molar-refractivity contribution in [3.05, 3.63) is 23.8 Å². The van der Waals surface area contributed by atoms with Gasteiger partial charge in [0.1, 0.15) is 5.75 Å². The standard InChI is InChI=1S/C15H22N2O4S/c1-12-5-6-14(21-2)13(11-12)16-15(18)7-9-17-8-3-4-10-22(17,19)20/h5-6,11H,3-4,7-10H2,1-2H3,(H,16,18). The Morgan fingerprint density at radius 2 is 2.14 bits per heavy atom. The summed E-state index contributed by atoms with van der Waals surface area (Å²) in [7, 11) is -1.64. The molecule has 1 saturated heterocycles. The van der Waals surface area contributed by atoms with E-state index >= 15 is 0 Å². The van der Waals surface area contributed by atoms with Gasteiger partial charge in [0.15, 0.2) is 0 Å². The van der Waals surface area contributed by atoms with Crippen LogP contribution in [0.2, 0.25) is 0 Å². The van der Waals surface area contributed by atoms with Gasteiger partial charge >= 0.3 is 0 Å². The van der Waals surface area contributed by atoms with Crippen molar-refractivity contribution in [3.8, 4) is 5.75 Å². The quantitative estimate of drug-likeness (QED) is 0.894. The first-order chi connectivity index (χ1) is 10.4. The molecule has 2 rings (SSSR count). The maximum atomic E-state index is 12.1. The Balaban J connectivity index is 1.95. The molecule has 0 radical (unpaired) electrons. The molecule has 1 N–H and O–H groups in total. The van der Waals surface area contributed by atoms with Crippen LogP contribution in [-0.2, 0) is 14.8 Å². The number of aryl methyl sites for hydroxylation is 1. The van der Waals surface area contributed by atoms with Crippen LogP contribution in [0.4, 0.5) is 5.69 Å². The van der Waals surface area contributed by atoms with Crippen LogP contribution in [0, 0.1) is 6.92 Å². The summed E-state index contributed by atoms with van der Waals surface area (Å²) in [6.07, 6.45) is 1.69. The number of nitrogens with one attached hydrogen (secondary N) is 1. The van der Waals surface area contributed by atoms with Gasteiger partial charge in [0.25, 0.3) is 0 Å². The summed E-state index contributed by atoms with van der Waals surface area (Å²) in [6, 6.07) is 5.52. The lowest BCUT2D eigenvalue weighted by Gasteiger charge is -2.25. The van der Waals surface area contributed by atoms with Gasteiger partial charge in [-0.15, -0.1) is 0 Å². The Morgan fingerprint density at radius 1 is 1.36 bits per heavy atom. The summed E-state index contributed by atoms with van der Waals surface area (Å²) in [6.45, 7) is 2.65. The molecule has 6 nitrogen and oxygen atoms in total. The van der Waals surface area contributed by atoms with E-state index in [9.17, 15) is 13.2 Å².